The van der Waals surface area contributed by atoms with Crippen molar-refractivity contribution in [2.24, 2.45) is 29.0 Å². The van der Waals surface area contributed by atoms with Gasteiger partial charge < -0.3 is 38.3 Å². The summed E-state index contributed by atoms with van der Waals surface area (Å²) < 4.78 is 0. The van der Waals surface area contributed by atoms with Crippen LogP contribution in [-0.4, -0.2) is 64.8 Å². The minimum absolute atomic E-state index is 0.0888. The van der Waals surface area contributed by atoms with Gasteiger partial charge in [-0.3, -0.25) is 24.0 Å². The van der Waals surface area contributed by atoms with Crippen LogP contribution in [0.5, 0.6) is 0 Å². The Labute approximate surface area is 186 Å². The minimum atomic E-state index is -1.54. The quantitative estimate of drug-likeness (QED) is 0.144. The first-order valence-electron chi connectivity index (χ1n) is 10.1. The van der Waals surface area contributed by atoms with Gasteiger partial charge in [0.2, 0.25) is 29.5 Å². The van der Waals surface area contributed by atoms with Crippen LogP contribution in [-0.2, 0) is 28.8 Å². The molecule has 0 aromatic rings. The number of hydrogen-bond donors (Lipinski definition) is 7. The van der Waals surface area contributed by atoms with E-state index < -0.39 is 78.4 Å². The van der Waals surface area contributed by atoms with Crippen molar-refractivity contribution in [3.63, 3.8) is 0 Å². The zero-order valence-corrected chi connectivity index (χ0v) is 18.7. The van der Waals surface area contributed by atoms with Gasteiger partial charge in [-0.15, -0.1) is 0 Å². The average Bonchev–Trinajstić information content (AvgIpc) is 2.62. The number of nitrogens with one attached hydrogen (secondary N) is 3. The van der Waals surface area contributed by atoms with Crippen molar-refractivity contribution < 1.29 is 33.9 Å². The summed E-state index contributed by atoms with van der Waals surface area (Å²) in [5, 5.41) is 16.0. The van der Waals surface area contributed by atoms with Crippen LogP contribution in [0.4, 0.5) is 0 Å². The zero-order chi connectivity index (χ0) is 25.2. The highest BCUT2D eigenvalue weighted by Crippen LogP contribution is 2.06. The lowest BCUT2D eigenvalue weighted by Gasteiger charge is -2.25. The molecule has 32 heavy (non-hydrogen) atoms. The lowest BCUT2D eigenvalue weighted by atomic mass is 10.0. The number of rotatable bonds is 14. The molecule has 0 bridgehead atoms. The van der Waals surface area contributed by atoms with Gasteiger partial charge in [-0.2, -0.15) is 0 Å². The minimum Gasteiger partial charge on any atom is -0.480 e. The number of carboxylic acid groups (broad SMARTS) is 1. The molecule has 0 aromatic heterocycles. The monoisotopic (exact) mass is 458 g/mol. The molecule has 0 saturated heterocycles. The maximum atomic E-state index is 12.7. The highest BCUT2D eigenvalue weighted by molar-refractivity contribution is 5.97. The van der Waals surface area contributed by atoms with E-state index in [9.17, 15) is 33.9 Å². The van der Waals surface area contributed by atoms with Crippen LogP contribution < -0.4 is 33.2 Å². The van der Waals surface area contributed by atoms with Crippen LogP contribution in [0.1, 0.15) is 47.0 Å². The van der Waals surface area contributed by atoms with Crippen molar-refractivity contribution in [1.29, 1.82) is 0 Å². The van der Waals surface area contributed by atoms with E-state index >= 15 is 0 Å². The standard InChI is InChI=1S/C19H34N6O7/c1-8(2)5-10(20)16(28)23-11(6-13(21)26)17(29)24-12(7-14(22)27)18(30)25-15(9(3)4)19(31)32/h8-12,15H,5-7,20H2,1-4H3,(H2,21,26)(H2,22,27)(H,23,28)(H,24,29)(H,25,30)(H,31,32). The number of nitrogens with two attached hydrogens (primary N) is 3. The van der Waals surface area contributed by atoms with Crippen LogP contribution in [0, 0.1) is 11.8 Å². The zero-order valence-electron chi connectivity index (χ0n) is 18.7. The van der Waals surface area contributed by atoms with E-state index in [1.807, 2.05) is 13.8 Å². The lowest BCUT2D eigenvalue weighted by molar-refractivity contribution is -0.143. The molecule has 0 fully saturated rings. The number of hydrogen-bond acceptors (Lipinski definition) is 7. The highest BCUT2D eigenvalue weighted by atomic mass is 16.4. The second-order valence-electron chi connectivity index (χ2n) is 8.27. The number of amides is 5. The Hall–Kier alpha value is -3.22. The molecule has 0 aliphatic carbocycles. The van der Waals surface area contributed by atoms with Gasteiger partial charge >= 0.3 is 5.97 Å². The van der Waals surface area contributed by atoms with Crippen molar-refractivity contribution >= 4 is 35.5 Å². The third-order valence-electron chi connectivity index (χ3n) is 4.37. The third-order valence-corrected chi connectivity index (χ3v) is 4.37. The fraction of sp³-hybridized carbons (Fsp3) is 0.684. The van der Waals surface area contributed by atoms with Crippen LogP contribution in [0.3, 0.4) is 0 Å². The van der Waals surface area contributed by atoms with Gasteiger partial charge in [-0.05, 0) is 18.3 Å². The van der Waals surface area contributed by atoms with Crippen molar-refractivity contribution in [3.05, 3.63) is 0 Å². The van der Waals surface area contributed by atoms with Crippen molar-refractivity contribution in [1.82, 2.24) is 16.0 Å². The van der Waals surface area contributed by atoms with E-state index in [1.165, 1.54) is 0 Å². The van der Waals surface area contributed by atoms with Gasteiger partial charge in [-0.25, -0.2) is 4.79 Å². The Morgan fingerprint density at radius 2 is 1.16 bits per heavy atom. The summed E-state index contributed by atoms with van der Waals surface area (Å²) in [6, 6.07) is -5.26. The summed E-state index contributed by atoms with van der Waals surface area (Å²) >= 11 is 0. The third kappa shape index (κ3) is 10.7. The number of carbonyl (C=O) groups is 6. The molecular weight excluding hydrogens is 424 g/mol. The molecule has 0 aromatic carbocycles. The van der Waals surface area contributed by atoms with E-state index in [-0.39, 0.29) is 5.92 Å². The van der Waals surface area contributed by atoms with Gasteiger partial charge in [-0.1, -0.05) is 27.7 Å². The smallest absolute Gasteiger partial charge is 0.326 e. The lowest BCUT2D eigenvalue weighted by Crippen LogP contribution is -2.58. The fourth-order valence-corrected chi connectivity index (χ4v) is 2.75. The molecule has 0 rings (SSSR count). The van der Waals surface area contributed by atoms with Crippen LogP contribution >= 0.6 is 0 Å². The van der Waals surface area contributed by atoms with Gasteiger partial charge in [0.05, 0.1) is 18.9 Å². The average molecular weight is 459 g/mol. The first-order valence-corrected chi connectivity index (χ1v) is 10.1. The Morgan fingerprint density at radius 1 is 0.750 bits per heavy atom. The summed E-state index contributed by atoms with van der Waals surface area (Å²) in [4.78, 5) is 71.6. The molecule has 5 amide bonds. The van der Waals surface area contributed by atoms with E-state index in [2.05, 4.69) is 16.0 Å². The maximum absolute atomic E-state index is 12.7. The summed E-state index contributed by atoms with van der Waals surface area (Å²) in [7, 11) is 0. The number of carbonyl (C=O) groups excluding carboxylic acids is 5. The Morgan fingerprint density at radius 3 is 1.50 bits per heavy atom. The summed E-state index contributed by atoms with van der Waals surface area (Å²) in [5.41, 5.74) is 16.1. The Bertz CT molecular complexity index is 725. The molecule has 0 saturated carbocycles. The highest BCUT2D eigenvalue weighted by Gasteiger charge is 2.32. The molecule has 0 radical (unpaired) electrons. The van der Waals surface area contributed by atoms with Gasteiger partial charge in [0.25, 0.3) is 0 Å². The maximum Gasteiger partial charge on any atom is 0.326 e. The predicted octanol–water partition coefficient (Wildman–Crippen LogP) is -2.69. The topological polar surface area (TPSA) is 237 Å². The largest absolute Gasteiger partial charge is 0.480 e. The molecule has 4 atom stereocenters. The van der Waals surface area contributed by atoms with Crippen LogP contribution in [0.2, 0.25) is 0 Å². The van der Waals surface area contributed by atoms with E-state index in [4.69, 9.17) is 17.2 Å². The Kier molecular flexibility index (Phi) is 11.9. The summed E-state index contributed by atoms with van der Waals surface area (Å²) in [5.74, 6) is -6.25. The molecular formula is C19H34N6O7. The van der Waals surface area contributed by atoms with Crippen molar-refractivity contribution in [2.45, 2.75) is 71.1 Å². The molecule has 13 heteroatoms. The molecule has 13 nitrogen and oxygen atoms in total. The van der Waals surface area contributed by atoms with Crippen molar-refractivity contribution in [2.75, 3.05) is 0 Å². The first-order chi connectivity index (χ1) is 14.6. The molecule has 0 aliphatic heterocycles. The molecule has 4 unspecified atom stereocenters. The Balaban J connectivity index is 5.54. The second-order valence-corrected chi connectivity index (χ2v) is 8.27. The molecule has 182 valence electrons. The number of aliphatic carboxylic acids is 1. The summed E-state index contributed by atoms with van der Waals surface area (Å²) in [6.45, 7) is 6.80. The van der Waals surface area contributed by atoms with Crippen molar-refractivity contribution in [3.8, 4) is 0 Å². The van der Waals surface area contributed by atoms with Gasteiger partial charge in [0.15, 0.2) is 0 Å². The van der Waals surface area contributed by atoms with E-state index in [0.717, 1.165) is 0 Å². The fourth-order valence-electron chi connectivity index (χ4n) is 2.75. The molecule has 0 heterocycles. The summed E-state index contributed by atoms with van der Waals surface area (Å²) in [6.07, 6.45) is -0.929. The SMILES string of the molecule is CC(C)CC(N)C(=O)NC(CC(N)=O)C(=O)NC(CC(N)=O)C(=O)NC(C(=O)O)C(C)C. The number of carboxylic acids is 1. The van der Waals surface area contributed by atoms with Crippen LogP contribution in [0.25, 0.3) is 0 Å². The van der Waals surface area contributed by atoms with Gasteiger partial charge in [0.1, 0.15) is 18.1 Å². The number of primary amides is 2. The second kappa shape index (κ2) is 13.2. The molecule has 10 N–H and O–H groups in total. The normalized spacial score (nSPS) is 14.7. The predicted molar refractivity (Wildman–Crippen MR) is 113 cm³/mol. The van der Waals surface area contributed by atoms with E-state index in [1.54, 1.807) is 13.8 Å². The van der Waals surface area contributed by atoms with Crippen LogP contribution in [0.15, 0.2) is 0 Å². The van der Waals surface area contributed by atoms with Gasteiger partial charge in [0, 0.05) is 0 Å². The first kappa shape index (κ1) is 28.8. The van der Waals surface area contributed by atoms with E-state index in [0.29, 0.717) is 6.42 Å². The molecule has 0 aliphatic rings. The molecule has 0 spiro atoms.